The molecular weight excluding hydrogens is 446 g/mol. The molecule has 2 N–H and O–H groups in total. The van der Waals surface area contributed by atoms with E-state index >= 15 is 0 Å². The molecule has 160 valence electrons. The predicted octanol–water partition coefficient (Wildman–Crippen LogP) is 3.79. The summed E-state index contributed by atoms with van der Waals surface area (Å²) in [6.45, 7) is 8.07. The molecule has 2 amide bonds. The molecule has 0 spiro atoms. The van der Waals surface area contributed by atoms with Crippen LogP contribution in [0.15, 0.2) is 53.0 Å². The molecule has 2 aromatic rings. The number of morpholine rings is 1. The van der Waals surface area contributed by atoms with Crippen LogP contribution in [0.5, 0.6) is 0 Å². The van der Waals surface area contributed by atoms with Crippen molar-refractivity contribution in [1.29, 1.82) is 0 Å². The third-order valence-electron chi connectivity index (χ3n) is 5.29. The SMILES string of the molecule is CC(C)C(CNC(=O)c1ccccc1NC(=O)c1ccccc1Br)N1CCOCC1. The summed E-state index contributed by atoms with van der Waals surface area (Å²) in [6.07, 6.45) is 0. The van der Waals surface area contributed by atoms with Gasteiger partial charge >= 0.3 is 0 Å². The van der Waals surface area contributed by atoms with Gasteiger partial charge in [0.1, 0.15) is 0 Å². The Morgan fingerprint density at radius 2 is 1.63 bits per heavy atom. The van der Waals surface area contributed by atoms with Gasteiger partial charge in [0, 0.05) is 30.1 Å². The van der Waals surface area contributed by atoms with E-state index in [4.69, 9.17) is 4.74 Å². The Morgan fingerprint density at radius 1 is 1.00 bits per heavy atom. The Kier molecular flexibility index (Phi) is 8.01. The third kappa shape index (κ3) is 5.68. The molecule has 0 radical (unpaired) electrons. The summed E-state index contributed by atoms with van der Waals surface area (Å²) in [7, 11) is 0. The number of hydrogen-bond donors (Lipinski definition) is 2. The lowest BCUT2D eigenvalue weighted by Crippen LogP contribution is -2.51. The van der Waals surface area contributed by atoms with Crippen LogP contribution >= 0.6 is 15.9 Å². The number of rotatable bonds is 7. The van der Waals surface area contributed by atoms with Crippen LogP contribution in [-0.4, -0.2) is 55.6 Å². The molecular formula is C23H28BrN3O3. The minimum Gasteiger partial charge on any atom is -0.379 e. The molecule has 0 bridgehead atoms. The molecule has 0 aliphatic carbocycles. The quantitative estimate of drug-likeness (QED) is 0.641. The van der Waals surface area contributed by atoms with E-state index in [1.807, 2.05) is 12.1 Å². The van der Waals surface area contributed by atoms with Gasteiger partial charge in [0.05, 0.1) is 30.0 Å². The molecule has 6 nitrogen and oxygen atoms in total. The van der Waals surface area contributed by atoms with Crippen molar-refractivity contribution < 1.29 is 14.3 Å². The smallest absolute Gasteiger partial charge is 0.256 e. The van der Waals surface area contributed by atoms with Crippen molar-refractivity contribution >= 4 is 33.4 Å². The first kappa shape index (κ1) is 22.5. The highest BCUT2D eigenvalue weighted by molar-refractivity contribution is 9.10. The van der Waals surface area contributed by atoms with Crippen LogP contribution in [-0.2, 0) is 4.74 Å². The fourth-order valence-electron chi connectivity index (χ4n) is 3.61. The summed E-state index contributed by atoms with van der Waals surface area (Å²) in [5.74, 6) is -0.0678. The van der Waals surface area contributed by atoms with Crippen LogP contribution in [0.1, 0.15) is 34.6 Å². The molecule has 1 heterocycles. The number of halogens is 1. The van der Waals surface area contributed by atoms with Crippen molar-refractivity contribution in [1.82, 2.24) is 10.2 Å². The average molecular weight is 474 g/mol. The van der Waals surface area contributed by atoms with Crippen LogP contribution in [0.25, 0.3) is 0 Å². The van der Waals surface area contributed by atoms with Gasteiger partial charge in [-0.05, 0) is 46.1 Å². The lowest BCUT2D eigenvalue weighted by molar-refractivity contribution is 0.00673. The van der Waals surface area contributed by atoms with Crippen LogP contribution in [0, 0.1) is 5.92 Å². The number of benzene rings is 2. The van der Waals surface area contributed by atoms with E-state index in [1.165, 1.54) is 0 Å². The average Bonchev–Trinajstić information content (AvgIpc) is 2.75. The molecule has 1 saturated heterocycles. The first-order chi connectivity index (χ1) is 14.5. The number of nitrogens with one attached hydrogen (secondary N) is 2. The van der Waals surface area contributed by atoms with E-state index in [1.54, 1.807) is 36.4 Å². The molecule has 7 heteroatoms. The summed E-state index contributed by atoms with van der Waals surface area (Å²) < 4.78 is 6.15. The van der Waals surface area contributed by atoms with Crippen molar-refractivity contribution in [3.63, 3.8) is 0 Å². The molecule has 1 aliphatic heterocycles. The van der Waals surface area contributed by atoms with Crippen LogP contribution < -0.4 is 10.6 Å². The molecule has 30 heavy (non-hydrogen) atoms. The Labute approximate surface area is 186 Å². The third-order valence-corrected chi connectivity index (χ3v) is 5.99. The number of ether oxygens (including phenoxy) is 1. The van der Waals surface area contributed by atoms with Crippen molar-refractivity contribution in [2.45, 2.75) is 19.9 Å². The maximum absolute atomic E-state index is 12.9. The van der Waals surface area contributed by atoms with Gasteiger partial charge in [-0.1, -0.05) is 38.1 Å². The van der Waals surface area contributed by atoms with Gasteiger partial charge in [-0.15, -0.1) is 0 Å². The summed E-state index contributed by atoms with van der Waals surface area (Å²) in [4.78, 5) is 28.0. The lowest BCUT2D eigenvalue weighted by Gasteiger charge is -2.37. The molecule has 1 aliphatic rings. The summed E-state index contributed by atoms with van der Waals surface area (Å²) in [6, 6.07) is 14.5. The van der Waals surface area contributed by atoms with E-state index in [0.717, 1.165) is 26.3 Å². The second-order valence-electron chi connectivity index (χ2n) is 7.65. The van der Waals surface area contributed by atoms with Crippen LogP contribution in [0.3, 0.4) is 0 Å². The van der Waals surface area contributed by atoms with Crippen LogP contribution in [0.4, 0.5) is 5.69 Å². The largest absolute Gasteiger partial charge is 0.379 e. The highest BCUT2D eigenvalue weighted by Crippen LogP contribution is 2.20. The normalized spacial score (nSPS) is 15.6. The van der Waals surface area contributed by atoms with Crippen molar-refractivity contribution in [3.05, 3.63) is 64.1 Å². The fraction of sp³-hybridized carbons (Fsp3) is 0.391. The summed E-state index contributed by atoms with van der Waals surface area (Å²) in [5, 5.41) is 5.93. The Balaban J connectivity index is 1.69. The first-order valence-corrected chi connectivity index (χ1v) is 11.0. The summed E-state index contributed by atoms with van der Waals surface area (Å²) in [5.41, 5.74) is 1.45. The number of amides is 2. The maximum Gasteiger partial charge on any atom is 0.256 e. The number of anilines is 1. The lowest BCUT2D eigenvalue weighted by atomic mass is 10.0. The van der Waals surface area contributed by atoms with E-state index in [2.05, 4.69) is 45.3 Å². The molecule has 0 saturated carbocycles. The van der Waals surface area contributed by atoms with Gasteiger partial charge in [0.15, 0.2) is 0 Å². The zero-order chi connectivity index (χ0) is 21.5. The molecule has 1 atom stereocenters. The van der Waals surface area contributed by atoms with E-state index in [0.29, 0.717) is 33.7 Å². The molecule has 3 rings (SSSR count). The highest BCUT2D eigenvalue weighted by Gasteiger charge is 2.25. The van der Waals surface area contributed by atoms with Crippen molar-refractivity contribution in [3.8, 4) is 0 Å². The van der Waals surface area contributed by atoms with Crippen molar-refractivity contribution in [2.75, 3.05) is 38.2 Å². The molecule has 0 aromatic heterocycles. The number of para-hydroxylation sites is 1. The monoisotopic (exact) mass is 473 g/mol. The minimum atomic E-state index is -0.268. The van der Waals surface area contributed by atoms with Gasteiger partial charge < -0.3 is 15.4 Å². The zero-order valence-corrected chi connectivity index (χ0v) is 18.9. The van der Waals surface area contributed by atoms with Crippen molar-refractivity contribution in [2.24, 2.45) is 5.92 Å². The van der Waals surface area contributed by atoms with E-state index in [9.17, 15) is 9.59 Å². The molecule has 2 aromatic carbocycles. The van der Waals surface area contributed by atoms with E-state index in [-0.39, 0.29) is 17.9 Å². The second-order valence-corrected chi connectivity index (χ2v) is 8.50. The van der Waals surface area contributed by atoms with Gasteiger partial charge in [-0.2, -0.15) is 0 Å². The van der Waals surface area contributed by atoms with Gasteiger partial charge in [-0.25, -0.2) is 0 Å². The van der Waals surface area contributed by atoms with Gasteiger partial charge in [-0.3, -0.25) is 14.5 Å². The fourth-order valence-corrected chi connectivity index (χ4v) is 4.08. The summed E-state index contributed by atoms with van der Waals surface area (Å²) >= 11 is 3.40. The standard InChI is InChI=1S/C23H28BrN3O3/c1-16(2)21(27-11-13-30-14-12-27)15-25-22(28)18-8-4-6-10-20(18)26-23(29)17-7-3-5-9-19(17)24/h3-10,16,21H,11-15H2,1-2H3,(H,25,28)(H,26,29). The Bertz CT molecular complexity index is 882. The Hall–Kier alpha value is -2.22. The second kappa shape index (κ2) is 10.7. The molecule has 1 fully saturated rings. The minimum absolute atomic E-state index is 0.197. The maximum atomic E-state index is 12.9. The van der Waals surface area contributed by atoms with Crippen LogP contribution in [0.2, 0.25) is 0 Å². The topological polar surface area (TPSA) is 70.7 Å². The first-order valence-electron chi connectivity index (χ1n) is 10.2. The van der Waals surface area contributed by atoms with E-state index < -0.39 is 0 Å². The highest BCUT2D eigenvalue weighted by atomic mass is 79.9. The number of carbonyl (C=O) groups is 2. The number of hydrogen-bond acceptors (Lipinski definition) is 4. The Morgan fingerprint density at radius 3 is 2.30 bits per heavy atom. The zero-order valence-electron chi connectivity index (χ0n) is 17.4. The predicted molar refractivity (Wildman–Crippen MR) is 122 cm³/mol. The van der Waals surface area contributed by atoms with Gasteiger partial charge in [0.2, 0.25) is 0 Å². The molecule has 1 unspecified atom stereocenters. The number of nitrogens with zero attached hydrogens (tertiary/aromatic N) is 1. The van der Waals surface area contributed by atoms with Gasteiger partial charge in [0.25, 0.3) is 11.8 Å². The number of carbonyl (C=O) groups excluding carboxylic acids is 2.